The van der Waals surface area contributed by atoms with Gasteiger partial charge in [-0.15, -0.1) is 0 Å². The lowest BCUT2D eigenvalue weighted by atomic mass is 9.82. The Morgan fingerprint density at radius 1 is 0.971 bits per heavy atom. The zero-order chi connectivity index (χ0) is 26.6. The Hall–Kier alpha value is -2.36. The molecule has 1 unspecified atom stereocenters. The molecule has 10 heteroatoms. The van der Waals surface area contributed by atoms with E-state index in [1.807, 2.05) is 20.8 Å². The van der Waals surface area contributed by atoms with Gasteiger partial charge in [0.2, 0.25) is 11.8 Å². The first-order chi connectivity index (χ1) is 16.1. The second-order valence-corrected chi connectivity index (χ2v) is 11.7. The standard InChI is InChI=1S/C25H43N3O7/c1-24(2,3)19(21(31)28-14-16(29)13-17(28)22(32)34-7)27-20(30)18(15-11-9-8-10-12-15)26-23(33)35-25(4,5)6/h15-19,29H,8-14H2,1-7H3,(H,26,33)(H,27,30)/t16?,17-,18-,19+/m0/s1. The van der Waals surface area contributed by atoms with Crippen molar-refractivity contribution in [2.24, 2.45) is 11.3 Å². The molecule has 0 radical (unpaired) electrons. The fourth-order valence-electron chi connectivity index (χ4n) is 4.76. The highest BCUT2D eigenvalue weighted by atomic mass is 16.6. The summed E-state index contributed by atoms with van der Waals surface area (Å²) in [6.45, 7) is 10.7. The molecule has 1 saturated heterocycles. The van der Waals surface area contributed by atoms with Crippen molar-refractivity contribution >= 4 is 23.9 Å². The second-order valence-electron chi connectivity index (χ2n) is 11.7. The SMILES string of the molecule is COC(=O)[C@@H]1CC(O)CN1C(=O)[C@@H](NC(=O)[C@@H](NC(=O)OC(C)(C)C)C1CCCCC1)C(C)(C)C. The minimum Gasteiger partial charge on any atom is -0.467 e. The highest BCUT2D eigenvalue weighted by Gasteiger charge is 2.46. The van der Waals surface area contributed by atoms with E-state index in [0.29, 0.717) is 0 Å². The third kappa shape index (κ3) is 8.08. The number of amides is 3. The number of likely N-dealkylation sites (tertiary alicyclic amines) is 1. The molecule has 4 atom stereocenters. The number of methoxy groups -OCH3 is 1. The van der Waals surface area contributed by atoms with Crippen LogP contribution in [0.15, 0.2) is 0 Å². The van der Waals surface area contributed by atoms with Gasteiger partial charge in [0, 0.05) is 13.0 Å². The molecular weight excluding hydrogens is 454 g/mol. The van der Waals surface area contributed by atoms with Crippen LogP contribution in [-0.2, 0) is 23.9 Å². The molecule has 2 aliphatic rings. The molecule has 0 bridgehead atoms. The zero-order valence-electron chi connectivity index (χ0n) is 22.2. The molecule has 0 aromatic carbocycles. The van der Waals surface area contributed by atoms with Gasteiger partial charge in [0.05, 0.1) is 13.2 Å². The fraction of sp³-hybridized carbons (Fsp3) is 0.840. The van der Waals surface area contributed by atoms with Crippen molar-refractivity contribution in [1.82, 2.24) is 15.5 Å². The molecule has 1 aliphatic heterocycles. The van der Waals surface area contributed by atoms with Gasteiger partial charge in [-0.05, 0) is 44.9 Å². The number of hydrogen-bond acceptors (Lipinski definition) is 7. The summed E-state index contributed by atoms with van der Waals surface area (Å²) in [4.78, 5) is 53.2. The topological polar surface area (TPSA) is 134 Å². The van der Waals surface area contributed by atoms with Crippen LogP contribution in [0.1, 0.15) is 80.1 Å². The van der Waals surface area contributed by atoms with Gasteiger partial charge >= 0.3 is 12.1 Å². The van der Waals surface area contributed by atoms with Crippen LogP contribution in [0.4, 0.5) is 4.79 Å². The number of hydrogen-bond donors (Lipinski definition) is 3. The van der Waals surface area contributed by atoms with Gasteiger partial charge in [-0.25, -0.2) is 9.59 Å². The van der Waals surface area contributed by atoms with E-state index in [2.05, 4.69) is 10.6 Å². The smallest absolute Gasteiger partial charge is 0.408 e. The molecule has 0 spiro atoms. The highest BCUT2D eigenvalue weighted by molar-refractivity contribution is 5.94. The molecule has 1 heterocycles. The lowest BCUT2D eigenvalue weighted by Gasteiger charge is -2.37. The van der Waals surface area contributed by atoms with Crippen molar-refractivity contribution in [2.45, 2.75) is 110 Å². The van der Waals surface area contributed by atoms with Gasteiger partial charge in [0.25, 0.3) is 0 Å². The van der Waals surface area contributed by atoms with Crippen LogP contribution in [0.5, 0.6) is 0 Å². The number of alkyl carbamates (subject to hydrolysis) is 1. The van der Waals surface area contributed by atoms with Crippen LogP contribution in [0.3, 0.4) is 0 Å². The maximum absolute atomic E-state index is 13.6. The molecule has 35 heavy (non-hydrogen) atoms. The number of aliphatic hydroxyl groups is 1. The molecule has 2 fully saturated rings. The summed E-state index contributed by atoms with van der Waals surface area (Å²) in [7, 11) is 1.23. The summed E-state index contributed by atoms with van der Waals surface area (Å²) in [6, 6.07) is -2.76. The maximum atomic E-state index is 13.6. The van der Waals surface area contributed by atoms with Crippen molar-refractivity contribution in [3.05, 3.63) is 0 Å². The minimum absolute atomic E-state index is 0.0245. The lowest BCUT2D eigenvalue weighted by Crippen LogP contribution is -2.61. The van der Waals surface area contributed by atoms with Gasteiger partial charge in [0.15, 0.2) is 0 Å². The Kier molecular flexibility index (Phi) is 9.56. The largest absolute Gasteiger partial charge is 0.467 e. The Morgan fingerprint density at radius 2 is 1.57 bits per heavy atom. The first kappa shape index (κ1) is 28.9. The number of carbonyl (C=O) groups is 4. The molecule has 0 aromatic rings. The second kappa shape index (κ2) is 11.6. The van der Waals surface area contributed by atoms with Gasteiger partial charge in [-0.2, -0.15) is 0 Å². The summed E-state index contributed by atoms with van der Waals surface area (Å²) in [5.74, 6) is -1.63. The molecule has 1 aliphatic carbocycles. The van der Waals surface area contributed by atoms with Crippen LogP contribution >= 0.6 is 0 Å². The molecule has 1 saturated carbocycles. The van der Waals surface area contributed by atoms with Crippen molar-refractivity contribution in [1.29, 1.82) is 0 Å². The number of ether oxygens (including phenoxy) is 2. The first-order valence-corrected chi connectivity index (χ1v) is 12.5. The summed E-state index contributed by atoms with van der Waals surface area (Å²) in [5.41, 5.74) is -1.43. The number of aliphatic hydroxyl groups excluding tert-OH is 1. The summed E-state index contributed by atoms with van der Waals surface area (Å²) in [6.07, 6.45) is 3.09. The fourth-order valence-corrected chi connectivity index (χ4v) is 4.76. The Morgan fingerprint density at radius 3 is 2.09 bits per heavy atom. The third-order valence-corrected chi connectivity index (χ3v) is 6.51. The van der Waals surface area contributed by atoms with Crippen molar-refractivity contribution in [3.63, 3.8) is 0 Å². The molecule has 3 N–H and O–H groups in total. The predicted octanol–water partition coefficient (Wildman–Crippen LogP) is 2.13. The Bertz CT molecular complexity index is 781. The summed E-state index contributed by atoms with van der Waals surface area (Å²) < 4.78 is 10.2. The van der Waals surface area contributed by atoms with Crippen LogP contribution in [-0.4, -0.2) is 77.4 Å². The minimum atomic E-state index is -0.987. The normalized spacial score (nSPS) is 23.3. The Balaban J connectivity index is 2.27. The van der Waals surface area contributed by atoms with Crippen molar-refractivity contribution in [2.75, 3.05) is 13.7 Å². The highest BCUT2D eigenvalue weighted by Crippen LogP contribution is 2.29. The number of carbonyl (C=O) groups excluding carboxylic acids is 4. The van der Waals surface area contributed by atoms with E-state index >= 15 is 0 Å². The van der Waals surface area contributed by atoms with E-state index in [4.69, 9.17) is 9.47 Å². The molecule has 200 valence electrons. The molecule has 0 aromatic heterocycles. The molecule has 10 nitrogen and oxygen atoms in total. The first-order valence-electron chi connectivity index (χ1n) is 12.5. The average molecular weight is 498 g/mol. The third-order valence-electron chi connectivity index (χ3n) is 6.51. The quantitative estimate of drug-likeness (QED) is 0.479. The van der Waals surface area contributed by atoms with Gasteiger partial charge in [-0.3, -0.25) is 9.59 Å². The maximum Gasteiger partial charge on any atom is 0.408 e. The monoisotopic (exact) mass is 497 g/mol. The predicted molar refractivity (Wildman–Crippen MR) is 129 cm³/mol. The number of nitrogens with zero attached hydrogens (tertiary/aromatic N) is 1. The van der Waals surface area contributed by atoms with Crippen LogP contribution in [0.25, 0.3) is 0 Å². The van der Waals surface area contributed by atoms with Crippen molar-refractivity contribution < 1.29 is 33.8 Å². The van der Waals surface area contributed by atoms with Gasteiger partial charge < -0.3 is 30.1 Å². The number of nitrogens with one attached hydrogen (secondary N) is 2. The van der Waals surface area contributed by atoms with E-state index in [1.165, 1.54) is 12.0 Å². The molecule has 3 amide bonds. The van der Waals surface area contributed by atoms with Crippen molar-refractivity contribution in [3.8, 4) is 0 Å². The zero-order valence-corrected chi connectivity index (χ0v) is 22.2. The number of rotatable bonds is 6. The molecule has 2 rings (SSSR count). The van der Waals surface area contributed by atoms with E-state index in [9.17, 15) is 24.3 Å². The Labute approximate surface area is 208 Å². The lowest BCUT2D eigenvalue weighted by molar-refractivity contribution is -0.153. The number of β-amino-alcohol motifs (C(OH)–C–C–N with tert-alkyl or cyclic N) is 1. The van der Waals surface area contributed by atoms with Gasteiger partial charge in [0.1, 0.15) is 23.7 Å². The van der Waals surface area contributed by atoms with Crippen LogP contribution in [0, 0.1) is 11.3 Å². The van der Waals surface area contributed by atoms with E-state index < -0.39 is 59.1 Å². The van der Waals surface area contributed by atoms with Crippen LogP contribution in [0.2, 0.25) is 0 Å². The van der Waals surface area contributed by atoms with E-state index in [-0.39, 0.29) is 18.9 Å². The van der Waals surface area contributed by atoms with E-state index in [1.54, 1.807) is 20.8 Å². The summed E-state index contributed by atoms with van der Waals surface area (Å²) >= 11 is 0. The van der Waals surface area contributed by atoms with Gasteiger partial charge in [-0.1, -0.05) is 40.0 Å². The molecular formula is C25H43N3O7. The average Bonchev–Trinajstić information content (AvgIpc) is 3.15. The summed E-state index contributed by atoms with van der Waals surface area (Å²) in [5, 5.41) is 15.7. The van der Waals surface area contributed by atoms with E-state index in [0.717, 1.165) is 32.1 Å². The number of esters is 1. The van der Waals surface area contributed by atoms with Crippen LogP contribution < -0.4 is 10.6 Å².